The van der Waals surface area contributed by atoms with E-state index in [1.807, 2.05) is 0 Å². The van der Waals surface area contributed by atoms with Gasteiger partial charge in [0.1, 0.15) is 12.0 Å². The molecule has 0 radical (unpaired) electrons. The van der Waals surface area contributed by atoms with Crippen LogP contribution in [0.25, 0.3) is 5.57 Å². The van der Waals surface area contributed by atoms with Crippen LogP contribution < -0.4 is 0 Å². The summed E-state index contributed by atoms with van der Waals surface area (Å²) in [7, 11) is 0. The first-order valence-corrected chi connectivity index (χ1v) is 4.57. The summed E-state index contributed by atoms with van der Waals surface area (Å²) >= 11 is 3.46. The standard InChI is InChI=1S/C9H9BrO/c1-2-6-3-4-8-9(6)7(10)5-11-8/h3,5H,2,4H2,1H3. The SMILES string of the molecule is CCC1=CCc2occ(Br)c21. The molecule has 11 heavy (non-hydrogen) atoms. The Kier molecular flexibility index (Phi) is 1.64. The molecule has 0 saturated carbocycles. The maximum Gasteiger partial charge on any atom is 0.116 e. The molecule has 1 heterocycles. The quantitative estimate of drug-likeness (QED) is 0.696. The van der Waals surface area contributed by atoms with Crippen LogP contribution in [0.15, 0.2) is 21.2 Å². The van der Waals surface area contributed by atoms with Crippen LogP contribution in [-0.4, -0.2) is 0 Å². The van der Waals surface area contributed by atoms with E-state index in [-0.39, 0.29) is 0 Å². The van der Waals surface area contributed by atoms with Crippen molar-refractivity contribution >= 4 is 21.5 Å². The molecule has 2 rings (SSSR count). The van der Waals surface area contributed by atoms with Crippen LogP contribution in [0.5, 0.6) is 0 Å². The van der Waals surface area contributed by atoms with Crippen LogP contribution in [0.4, 0.5) is 0 Å². The average Bonchev–Trinajstić information content (AvgIpc) is 2.54. The Hall–Kier alpha value is -0.500. The van der Waals surface area contributed by atoms with Gasteiger partial charge in [0.25, 0.3) is 0 Å². The van der Waals surface area contributed by atoms with E-state index < -0.39 is 0 Å². The summed E-state index contributed by atoms with van der Waals surface area (Å²) in [5.74, 6) is 1.11. The van der Waals surface area contributed by atoms with Crippen molar-refractivity contribution in [2.24, 2.45) is 0 Å². The minimum Gasteiger partial charge on any atom is -0.467 e. The zero-order valence-electron chi connectivity index (χ0n) is 6.36. The summed E-state index contributed by atoms with van der Waals surface area (Å²) in [5.41, 5.74) is 2.69. The Bertz CT molecular complexity index is 309. The molecule has 0 bridgehead atoms. The summed E-state index contributed by atoms with van der Waals surface area (Å²) in [5, 5.41) is 0. The highest BCUT2D eigenvalue weighted by Crippen LogP contribution is 2.36. The molecule has 0 unspecified atom stereocenters. The molecule has 1 aromatic rings. The number of hydrogen-bond acceptors (Lipinski definition) is 1. The van der Waals surface area contributed by atoms with Gasteiger partial charge in [-0.2, -0.15) is 0 Å². The van der Waals surface area contributed by atoms with Gasteiger partial charge in [-0.25, -0.2) is 0 Å². The van der Waals surface area contributed by atoms with E-state index in [0.717, 1.165) is 23.1 Å². The highest BCUT2D eigenvalue weighted by atomic mass is 79.9. The van der Waals surface area contributed by atoms with Gasteiger partial charge in [0.2, 0.25) is 0 Å². The lowest BCUT2D eigenvalue weighted by Crippen LogP contribution is -1.76. The predicted molar refractivity (Wildman–Crippen MR) is 48.4 cm³/mol. The zero-order chi connectivity index (χ0) is 7.84. The van der Waals surface area contributed by atoms with Crippen molar-refractivity contribution in [3.63, 3.8) is 0 Å². The maximum atomic E-state index is 5.34. The topological polar surface area (TPSA) is 13.1 Å². The fourth-order valence-corrected chi connectivity index (χ4v) is 2.06. The molecule has 58 valence electrons. The number of hydrogen-bond donors (Lipinski definition) is 0. The average molecular weight is 213 g/mol. The van der Waals surface area contributed by atoms with Crippen LogP contribution in [0.2, 0.25) is 0 Å². The molecule has 2 heteroatoms. The second-order valence-electron chi connectivity index (χ2n) is 2.67. The van der Waals surface area contributed by atoms with Crippen molar-refractivity contribution in [1.29, 1.82) is 0 Å². The second kappa shape index (κ2) is 2.52. The van der Waals surface area contributed by atoms with Gasteiger partial charge in [-0.1, -0.05) is 13.0 Å². The third kappa shape index (κ3) is 0.968. The Morgan fingerprint density at radius 1 is 1.64 bits per heavy atom. The number of furan rings is 1. The van der Waals surface area contributed by atoms with Gasteiger partial charge in [-0.15, -0.1) is 0 Å². The number of allylic oxidation sites excluding steroid dienone is 2. The molecule has 1 nitrogen and oxygen atoms in total. The Morgan fingerprint density at radius 2 is 2.45 bits per heavy atom. The number of fused-ring (bicyclic) bond motifs is 1. The molecule has 0 aromatic carbocycles. The molecule has 1 aliphatic rings. The summed E-state index contributed by atoms with van der Waals surface area (Å²) in [4.78, 5) is 0. The van der Waals surface area contributed by atoms with Gasteiger partial charge < -0.3 is 4.42 Å². The van der Waals surface area contributed by atoms with Gasteiger partial charge in [-0.05, 0) is 27.9 Å². The van der Waals surface area contributed by atoms with Gasteiger partial charge in [0, 0.05) is 12.0 Å². The van der Waals surface area contributed by atoms with E-state index in [4.69, 9.17) is 4.42 Å². The van der Waals surface area contributed by atoms with E-state index >= 15 is 0 Å². The summed E-state index contributed by atoms with van der Waals surface area (Å²) in [6, 6.07) is 0. The third-order valence-corrected chi connectivity index (χ3v) is 2.64. The zero-order valence-corrected chi connectivity index (χ0v) is 7.94. The summed E-state index contributed by atoms with van der Waals surface area (Å²) in [6.07, 6.45) is 6.06. The molecule has 0 atom stereocenters. The third-order valence-electron chi connectivity index (χ3n) is 2.06. The van der Waals surface area contributed by atoms with Crippen LogP contribution in [0, 0.1) is 0 Å². The molecule has 0 saturated heterocycles. The van der Waals surface area contributed by atoms with Crippen molar-refractivity contribution in [3.05, 3.63) is 28.1 Å². The molecule has 0 N–H and O–H groups in total. The first-order valence-electron chi connectivity index (χ1n) is 3.78. The molecular weight excluding hydrogens is 204 g/mol. The van der Waals surface area contributed by atoms with Crippen LogP contribution >= 0.6 is 15.9 Å². The van der Waals surface area contributed by atoms with Gasteiger partial charge in [0.05, 0.1) is 4.47 Å². The van der Waals surface area contributed by atoms with E-state index in [1.165, 1.54) is 11.1 Å². The normalized spacial score (nSPS) is 14.9. The van der Waals surface area contributed by atoms with Crippen molar-refractivity contribution in [1.82, 2.24) is 0 Å². The highest BCUT2D eigenvalue weighted by Gasteiger charge is 2.18. The van der Waals surface area contributed by atoms with Crippen LogP contribution in [-0.2, 0) is 6.42 Å². The monoisotopic (exact) mass is 212 g/mol. The van der Waals surface area contributed by atoms with E-state index in [0.29, 0.717) is 0 Å². The Labute approximate surface area is 74.2 Å². The second-order valence-corrected chi connectivity index (χ2v) is 3.52. The molecule has 1 aromatic heterocycles. The predicted octanol–water partition coefficient (Wildman–Crippen LogP) is 3.39. The Morgan fingerprint density at radius 3 is 3.18 bits per heavy atom. The molecule has 1 aliphatic carbocycles. The fourth-order valence-electron chi connectivity index (χ4n) is 1.50. The van der Waals surface area contributed by atoms with E-state index in [2.05, 4.69) is 28.9 Å². The summed E-state index contributed by atoms with van der Waals surface area (Å²) in [6.45, 7) is 2.17. The largest absolute Gasteiger partial charge is 0.467 e. The van der Waals surface area contributed by atoms with Gasteiger partial charge in [0.15, 0.2) is 0 Å². The minimum atomic E-state index is 0.962. The maximum absolute atomic E-state index is 5.34. The van der Waals surface area contributed by atoms with Crippen LogP contribution in [0.1, 0.15) is 24.7 Å². The molecular formula is C9H9BrO. The van der Waals surface area contributed by atoms with Crippen LogP contribution in [0.3, 0.4) is 0 Å². The first-order chi connectivity index (χ1) is 5.33. The highest BCUT2D eigenvalue weighted by molar-refractivity contribution is 9.10. The van der Waals surface area contributed by atoms with Crippen molar-refractivity contribution in [2.75, 3.05) is 0 Å². The van der Waals surface area contributed by atoms with E-state index in [9.17, 15) is 0 Å². The van der Waals surface area contributed by atoms with Gasteiger partial charge >= 0.3 is 0 Å². The van der Waals surface area contributed by atoms with Crippen molar-refractivity contribution < 1.29 is 4.42 Å². The van der Waals surface area contributed by atoms with Crippen molar-refractivity contribution in [2.45, 2.75) is 19.8 Å². The lowest BCUT2D eigenvalue weighted by atomic mass is 10.1. The number of halogens is 1. The molecule has 0 fully saturated rings. The first kappa shape index (κ1) is 7.17. The number of rotatable bonds is 1. The lowest BCUT2D eigenvalue weighted by Gasteiger charge is -1.95. The lowest BCUT2D eigenvalue weighted by molar-refractivity contribution is 0.523. The molecule has 0 amide bonds. The molecule has 0 spiro atoms. The minimum absolute atomic E-state index is 0.962. The van der Waals surface area contributed by atoms with Gasteiger partial charge in [-0.3, -0.25) is 0 Å². The smallest absolute Gasteiger partial charge is 0.116 e. The summed E-state index contributed by atoms with van der Waals surface area (Å²) < 4.78 is 6.44. The van der Waals surface area contributed by atoms with Crippen molar-refractivity contribution in [3.8, 4) is 0 Å². The Balaban J connectivity index is 2.52. The molecule has 0 aliphatic heterocycles. The van der Waals surface area contributed by atoms with E-state index in [1.54, 1.807) is 6.26 Å². The fraction of sp³-hybridized carbons (Fsp3) is 0.333.